The monoisotopic (exact) mass is 327 g/mol. The Morgan fingerprint density at radius 3 is 2.35 bits per heavy atom. The lowest BCUT2D eigenvalue weighted by Gasteiger charge is -2.27. The zero-order chi connectivity index (χ0) is 17.2. The fourth-order valence-corrected chi connectivity index (χ4v) is 3.27. The summed E-state index contributed by atoms with van der Waals surface area (Å²) in [6.45, 7) is 8.26. The maximum absolute atomic E-state index is 12.5. The molecule has 1 atom stereocenters. The molecule has 0 radical (unpaired) electrons. The van der Waals surface area contributed by atoms with E-state index in [9.17, 15) is 9.59 Å². The average Bonchev–Trinajstić information content (AvgIpc) is 2.72. The Labute approximate surface area is 140 Å². The van der Waals surface area contributed by atoms with Gasteiger partial charge in [-0.1, -0.05) is 13.8 Å². The van der Waals surface area contributed by atoms with Crippen molar-refractivity contribution in [2.24, 2.45) is 0 Å². The number of rotatable bonds is 9. The molecule has 0 spiro atoms. The highest BCUT2D eigenvalue weighted by Gasteiger charge is 2.23. The molecule has 1 aliphatic rings. The Morgan fingerprint density at radius 2 is 1.78 bits per heavy atom. The molecule has 134 valence electrons. The van der Waals surface area contributed by atoms with Crippen molar-refractivity contribution in [3.05, 3.63) is 0 Å². The van der Waals surface area contributed by atoms with Crippen LogP contribution in [0, 0.1) is 0 Å². The molecule has 6 nitrogen and oxygen atoms in total. The number of nitrogens with zero attached hydrogens (tertiary/aromatic N) is 3. The molecule has 0 aliphatic carbocycles. The fraction of sp³-hybridized carbons (Fsp3) is 0.882. The zero-order valence-corrected chi connectivity index (χ0v) is 15.0. The lowest BCUT2D eigenvalue weighted by molar-refractivity contribution is -0.138. The van der Waals surface area contributed by atoms with Crippen molar-refractivity contribution in [2.75, 3.05) is 46.3 Å². The molecule has 0 bridgehead atoms. The van der Waals surface area contributed by atoms with E-state index in [-0.39, 0.29) is 12.5 Å². The van der Waals surface area contributed by atoms with Gasteiger partial charge in [-0.25, -0.2) is 0 Å². The number of likely N-dealkylation sites (N-methyl/N-ethyl adjacent to an activating group) is 1. The second-order valence-corrected chi connectivity index (χ2v) is 6.55. The van der Waals surface area contributed by atoms with Crippen LogP contribution in [0.1, 0.15) is 46.0 Å². The molecule has 1 fully saturated rings. The summed E-state index contributed by atoms with van der Waals surface area (Å²) in [6, 6.07) is 0.300. The van der Waals surface area contributed by atoms with E-state index in [2.05, 4.69) is 18.7 Å². The Bertz CT molecular complexity index is 370. The number of amides is 1. The van der Waals surface area contributed by atoms with Crippen molar-refractivity contribution >= 4 is 11.9 Å². The third kappa shape index (κ3) is 7.31. The topological polar surface area (TPSA) is 64.1 Å². The van der Waals surface area contributed by atoms with E-state index in [1.54, 1.807) is 0 Å². The SMILES string of the molecule is CCCN(CCC)C(=O)CN1CCCC(N(C)CC(=O)O)CC1. The smallest absolute Gasteiger partial charge is 0.317 e. The molecule has 0 aromatic heterocycles. The normalized spacial score (nSPS) is 19.6. The molecule has 1 N–H and O–H groups in total. The van der Waals surface area contributed by atoms with E-state index >= 15 is 0 Å². The quantitative estimate of drug-likeness (QED) is 0.695. The Kier molecular flexibility index (Phi) is 9.17. The molecule has 1 amide bonds. The van der Waals surface area contributed by atoms with Crippen LogP contribution in [-0.4, -0.2) is 84.0 Å². The molecule has 1 unspecified atom stereocenters. The molecular formula is C17H33N3O3. The van der Waals surface area contributed by atoms with Gasteiger partial charge >= 0.3 is 5.97 Å². The van der Waals surface area contributed by atoms with Gasteiger partial charge in [-0.15, -0.1) is 0 Å². The third-order valence-corrected chi connectivity index (χ3v) is 4.50. The lowest BCUT2D eigenvalue weighted by atomic mass is 10.1. The summed E-state index contributed by atoms with van der Waals surface area (Å²) in [5, 5.41) is 8.92. The summed E-state index contributed by atoms with van der Waals surface area (Å²) in [6.07, 6.45) is 4.94. The van der Waals surface area contributed by atoms with Crippen LogP contribution >= 0.6 is 0 Å². The number of carboxylic acid groups (broad SMARTS) is 1. The largest absolute Gasteiger partial charge is 0.480 e. The van der Waals surface area contributed by atoms with Gasteiger partial charge in [-0.2, -0.15) is 0 Å². The summed E-state index contributed by atoms with van der Waals surface area (Å²) < 4.78 is 0. The van der Waals surface area contributed by atoms with Crippen molar-refractivity contribution in [1.82, 2.24) is 14.7 Å². The number of hydrogen-bond acceptors (Lipinski definition) is 4. The van der Waals surface area contributed by atoms with Crippen LogP contribution in [0.5, 0.6) is 0 Å². The second kappa shape index (κ2) is 10.6. The summed E-state index contributed by atoms with van der Waals surface area (Å²) in [5.41, 5.74) is 0. The first-order valence-electron chi connectivity index (χ1n) is 8.90. The van der Waals surface area contributed by atoms with Crippen LogP contribution in [0.2, 0.25) is 0 Å². The minimum atomic E-state index is -0.779. The van der Waals surface area contributed by atoms with Gasteiger partial charge in [-0.05, 0) is 45.7 Å². The van der Waals surface area contributed by atoms with Gasteiger partial charge in [0.1, 0.15) is 0 Å². The molecular weight excluding hydrogens is 294 g/mol. The predicted octanol–water partition coefficient (Wildman–Crippen LogP) is 1.51. The van der Waals surface area contributed by atoms with Crippen molar-refractivity contribution in [3.8, 4) is 0 Å². The number of likely N-dealkylation sites (tertiary alicyclic amines) is 1. The summed E-state index contributed by atoms with van der Waals surface area (Å²) in [4.78, 5) is 29.4. The highest BCUT2D eigenvalue weighted by Crippen LogP contribution is 2.16. The van der Waals surface area contributed by atoms with Gasteiger partial charge in [0.25, 0.3) is 0 Å². The molecule has 1 rings (SSSR count). The summed E-state index contributed by atoms with van der Waals surface area (Å²) in [7, 11) is 1.88. The van der Waals surface area contributed by atoms with Crippen LogP contribution < -0.4 is 0 Å². The third-order valence-electron chi connectivity index (χ3n) is 4.50. The van der Waals surface area contributed by atoms with Crippen LogP contribution in [0.15, 0.2) is 0 Å². The minimum absolute atomic E-state index is 0.0877. The van der Waals surface area contributed by atoms with Gasteiger partial charge in [0.05, 0.1) is 13.1 Å². The molecule has 23 heavy (non-hydrogen) atoms. The van der Waals surface area contributed by atoms with Gasteiger partial charge < -0.3 is 10.0 Å². The minimum Gasteiger partial charge on any atom is -0.480 e. The van der Waals surface area contributed by atoms with E-state index < -0.39 is 5.97 Å². The molecule has 1 saturated heterocycles. The van der Waals surface area contributed by atoms with Gasteiger partial charge in [0.2, 0.25) is 5.91 Å². The van der Waals surface area contributed by atoms with Crippen LogP contribution in [0.25, 0.3) is 0 Å². The second-order valence-electron chi connectivity index (χ2n) is 6.55. The maximum Gasteiger partial charge on any atom is 0.317 e. The predicted molar refractivity (Wildman–Crippen MR) is 91.5 cm³/mol. The number of carbonyl (C=O) groups is 2. The number of aliphatic carboxylic acids is 1. The molecule has 0 saturated carbocycles. The maximum atomic E-state index is 12.5. The van der Waals surface area contributed by atoms with E-state index in [1.165, 1.54) is 0 Å². The lowest BCUT2D eigenvalue weighted by Crippen LogP contribution is -2.42. The van der Waals surface area contributed by atoms with E-state index in [0.717, 1.165) is 58.3 Å². The first-order chi connectivity index (χ1) is 11.0. The molecule has 1 aliphatic heterocycles. The van der Waals surface area contributed by atoms with Crippen LogP contribution in [0.3, 0.4) is 0 Å². The molecule has 0 aromatic carbocycles. The highest BCUT2D eigenvalue weighted by molar-refractivity contribution is 5.78. The summed E-state index contributed by atoms with van der Waals surface area (Å²) in [5.74, 6) is -0.551. The first kappa shape index (κ1) is 19.9. The van der Waals surface area contributed by atoms with Gasteiger partial charge in [-0.3, -0.25) is 19.4 Å². The Hall–Kier alpha value is -1.14. The van der Waals surface area contributed by atoms with E-state index in [1.807, 2.05) is 16.8 Å². The van der Waals surface area contributed by atoms with Gasteiger partial charge in [0.15, 0.2) is 0 Å². The highest BCUT2D eigenvalue weighted by atomic mass is 16.4. The fourth-order valence-electron chi connectivity index (χ4n) is 3.27. The average molecular weight is 327 g/mol. The standard InChI is InChI=1S/C17H33N3O3/c1-4-9-20(10-5-2)16(21)13-19-11-6-7-15(8-12-19)18(3)14-17(22)23/h15H,4-14H2,1-3H3,(H,22,23). The van der Waals surface area contributed by atoms with E-state index in [0.29, 0.717) is 12.6 Å². The summed E-state index contributed by atoms with van der Waals surface area (Å²) >= 11 is 0. The van der Waals surface area contributed by atoms with Gasteiger partial charge in [0, 0.05) is 25.7 Å². The Morgan fingerprint density at radius 1 is 1.13 bits per heavy atom. The van der Waals surface area contributed by atoms with Crippen LogP contribution in [0.4, 0.5) is 0 Å². The van der Waals surface area contributed by atoms with Crippen molar-refractivity contribution < 1.29 is 14.7 Å². The van der Waals surface area contributed by atoms with E-state index in [4.69, 9.17) is 5.11 Å². The number of carboxylic acids is 1. The first-order valence-corrected chi connectivity index (χ1v) is 8.90. The molecule has 0 aromatic rings. The zero-order valence-electron chi connectivity index (χ0n) is 15.0. The Balaban J connectivity index is 2.47. The number of carbonyl (C=O) groups excluding carboxylic acids is 1. The number of hydrogen-bond donors (Lipinski definition) is 1. The molecule has 6 heteroatoms. The van der Waals surface area contributed by atoms with Crippen molar-refractivity contribution in [3.63, 3.8) is 0 Å². The van der Waals surface area contributed by atoms with Crippen LogP contribution in [-0.2, 0) is 9.59 Å². The van der Waals surface area contributed by atoms with Crippen molar-refractivity contribution in [1.29, 1.82) is 0 Å². The van der Waals surface area contributed by atoms with Crippen molar-refractivity contribution in [2.45, 2.75) is 52.0 Å². The molecule has 1 heterocycles.